The lowest BCUT2D eigenvalue weighted by molar-refractivity contribution is -0.0401. The maximum Gasteiger partial charge on any atom is 0.339 e. The highest BCUT2D eigenvalue weighted by atomic mass is 16.5. The Morgan fingerprint density at radius 3 is 2.81 bits per heavy atom. The third-order valence-corrected chi connectivity index (χ3v) is 2.61. The fourth-order valence-corrected chi connectivity index (χ4v) is 1.56. The first kappa shape index (κ1) is 11.0. The molecule has 0 spiro atoms. The second-order valence-electron chi connectivity index (χ2n) is 3.84. The monoisotopic (exact) mass is 222 g/mol. The summed E-state index contributed by atoms with van der Waals surface area (Å²) in [4.78, 5) is 10.9. The van der Waals surface area contributed by atoms with E-state index in [1.54, 1.807) is 24.3 Å². The van der Waals surface area contributed by atoms with Gasteiger partial charge in [-0.25, -0.2) is 4.79 Å². The molecule has 0 atom stereocenters. The topological polar surface area (TPSA) is 55.8 Å². The van der Waals surface area contributed by atoms with Crippen LogP contribution in [0.1, 0.15) is 16.8 Å². The Hall–Kier alpha value is -1.55. The molecule has 0 aliphatic carbocycles. The molecule has 0 saturated carbocycles. The van der Waals surface area contributed by atoms with E-state index in [-0.39, 0.29) is 5.56 Å². The first-order valence-corrected chi connectivity index (χ1v) is 5.30. The number of hydrogen-bond acceptors (Lipinski definition) is 3. The van der Waals surface area contributed by atoms with Crippen LogP contribution in [-0.2, 0) is 4.74 Å². The quantitative estimate of drug-likeness (QED) is 0.825. The second kappa shape index (κ2) is 4.99. The normalized spacial score (nSPS) is 15.5. The smallest absolute Gasteiger partial charge is 0.339 e. The van der Waals surface area contributed by atoms with Gasteiger partial charge in [0.05, 0.1) is 19.8 Å². The molecular weight excluding hydrogens is 208 g/mol. The maximum absolute atomic E-state index is 10.9. The Balaban J connectivity index is 1.89. The molecule has 1 fully saturated rings. The molecule has 0 radical (unpaired) electrons. The van der Waals surface area contributed by atoms with Crippen molar-refractivity contribution in [1.29, 1.82) is 0 Å². The molecule has 0 unspecified atom stereocenters. The molecule has 4 nitrogen and oxygen atoms in total. The van der Waals surface area contributed by atoms with Crippen molar-refractivity contribution >= 4 is 5.97 Å². The van der Waals surface area contributed by atoms with E-state index in [0.717, 1.165) is 19.6 Å². The molecule has 4 heteroatoms. The second-order valence-corrected chi connectivity index (χ2v) is 3.84. The fourth-order valence-electron chi connectivity index (χ4n) is 1.56. The van der Waals surface area contributed by atoms with E-state index in [0.29, 0.717) is 18.3 Å². The van der Waals surface area contributed by atoms with E-state index in [1.165, 1.54) is 0 Å². The number of rotatable bonds is 5. The van der Waals surface area contributed by atoms with Crippen LogP contribution in [0.4, 0.5) is 0 Å². The molecule has 1 N–H and O–H groups in total. The van der Waals surface area contributed by atoms with Gasteiger partial charge in [0.25, 0.3) is 0 Å². The molecule has 1 aliphatic rings. The molecule has 0 bridgehead atoms. The number of carbonyl (C=O) groups is 1. The summed E-state index contributed by atoms with van der Waals surface area (Å²) >= 11 is 0. The lowest BCUT2D eigenvalue weighted by Gasteiger charge is -2.25. The van der Waals surface area contributed by atoms with E-state index in [9.17, 15) is 4.79 Å². The van der Waals surface area contributed by atoms with E-state index in [1.807, 2.05) is 0 Å². The van der Waals surface area contributed by atoms with Gasteiger partial charge in [0.1, 0.15) is 11.3 Å². The van der Waals surface area contributed by atoms with Crippen LogP contribution in [0.2, 0.25) is 0 Å². The molecule has 0 aromatic heterocycles. The maximum atomic E-state index is 10.9. The van der Waals surface area contributed by atoms with Crippen molar-refractivity contribution < 1.29 is 19.4 Å². The highest BCUT2D eigenvalue weighted by Gasteiger charge is 2.18. The number of hydrogen-bond donors (Lipinski definition) is 1. The van der Waals surface area contributed by atoms with Gasteiger partial charge in [0.2, 0.25) is 0 Å². The van der Waals surface area contributed by atoms with E-state index < -0.39 is 5.97 Å². The zero-order valence-corrected chi connectivity index (χ0v) is 8.89. The zero-order chi connectivity index (χ0) is 11.4. The van der Waals surface area contributed by atoms with Crippen molar-refractivity contribution in [2.75, 3.05) is 19.8 Å². The fraction of sp³-hybridized carbons (Fsp3) is 0.417. The van der Waals surface area contributed by atoms with E-state index >= 15 is 0 Å². The molecule has 2 rings (SSSR count). The summed E-state index contributed by atoms with van der Waals surface area (Å²) in [5, 5.41) is 8.93. The van der Waals surface area contributed by atoms with Crippen LogP contribution in [0.25, 0.3) is 0 Å². The molecule has 0 amide bonds. The Kier molecular flexibility index (Phi) is 3.41. The number of aromatic carboxylic acids is 1. The van der Waals surface area contributed by atoms with Gasteiger partial charge < -0.3 is 14.6 Å². The Bertz CT molecular complexity index is 371. The minimum absolute atomic E-state index is 0.215. The van der Waals surface area contributed by atoms with Gasteiger partial charge in [-0.2, -0.15) is 0 Å². The summed E-state index contributed by atoms with van der Waals surface area (Å²) in [6.07, 6.45) is 0.911. The van der Waals surface area contributed by atoms with Crippen LogP contribution in [0.15, 0.2) is 24.3 Å². The summed E-state index contributed by atoms with van der Waals surface area (Å²) in [5.74, 6) is 0.0507. The number of benzene rings is 1. The van der Waals surface area contributed by atoms with Crippen molar-refractivity contribution in [3.05, 3.63) is 29.8 Å². The van der Waals surface area contributed by atoms with Gasteiger partial charge >= 0.3 is 5.97 Å². The average Bonchev–Trinajstić information content (AvgIpc) is 2.22. The third-order valence-electron chi connectivity index (χ3n) is 2.61. The van der Waals surface area contributed by atoms with Gasteiger partial charge in [0, 0.05) is 5.92 Å². The van der Waals surface area contributed by atoms with Crippen LogP contribution < -0.4 is 4.74 Å². The van der Waals surface area contributed by atoms with E-state index in [4.69, 9.17) is 14.6 Å². The van der Waals surface area contributed by atoms with Crippen LogP contribution in [-0.4, -0.2) is 30.9 Å². The third kappa shape index (κ3) is 2.52. The van der Waals surface area contributed by atoms with Crippen LogP contribution in [0.3, 0.4) is 0 Å². The predicted molar refractivity (Wildman–Crippen MR) is 57.8 cm³/mol. The van der Waals surface area contributed by atoms with E-state index in [2.05, 4.69) is 0 Å². The minimum atomic E-state index is -0.956. The van der Waals surface area contributed by atoms with Gasteiger partial charge in [-0.05, 0) is 18.6 Å². The molecule has 1 aromatic carbocycles. The Morgan fingerprint density at radius 1 is 1.44 bits per heavy atom. The zero-order valence-electron chi connectivity index (χ0n) is 8.89. The highest BCUT2D eigenvalue weighted by Crippen LogP contribution is 2.20. The summed E-state index contributed by atoms with van der Waals surface area (Å²) in [5.41, 5.74) is 0.215. The number of carboxylic acids is 1. The standard InChI is InChI=1S/C12H14O4/c13-12(14)10-3-1-2-4-11(10)16-6-5-9-7-15-8-9/h1-4,9H,5-8H2,(H,13,14). The lowest BCUT2D eigenvalue weighted by atomic mass is 10.1. The van der Waals surface area contributed by atoms with Crippen LogP contribution in [0, 0.1) is 5.92 Å². The summed E-state index contributed by atoms with van der Waals surface area (Å²) in [6, 6.07) is 6.69. The van der Waals surface area contributed by atoms with Gasteiger partial charge in [-0.1, -0.05) is 12.1 Å². The van der Waals surface area contributed by atoms with Crippen molar-refractivity contribution in [3.63, 3.8) is 0 Å². The van der Waals surface area contributed by atoms with Crippen LogP contribution >= 0.6 is 0 Å². The molecule has 1 aromatic rings. The SMILES string of the molecule is O=C(O)c1ccccc1OCCC1COC1. The molecule has 86 valence electrons. The summed E-state index contributed by atoms with van der Waals surface area (Å²) in [6.45, 7) is 2.13. The summed E-state index contributed by atoms with van der Waals surface area (Å²) in [7, 11) is 0. The molecule has 1 aliphatic heterocycles. The molecule has 16 heavy (non-hydrogen) atoms. The molecule has 1 saturated heterocycles. The first-order chi connectivity index (χ1) is 7.77. The highest BCUT2D eigenvalue weighted by molar-refractivity contribution is 5.90. The van der Waals surface area contributed by atoms with Gasteiger partial charge in [-0.15, -0.1) is 0 Å². The minimum Gasteiger partial charge on any atom is -0.493 e. The predicted octanol–water partition coefficient (Wildman–Crippen LogP) is 1.80. The summed E-state index contributed by atoms with van der Waals surface area (Å²) < 4.78 is 10.5. The average molecular weight is 222 g/mol. The van der Waals surface area contributed by atoms with Crippen molar-refractivity contribution in [2.24, 2.45) is 5.92 Å². The largest absolute Gasteiger partial charge is 0.493 e. The van der Waals surface area contributed by atoms with Crippen molar-refractivity contribution in [2.45, 2.75) is 6.42 Å². The molecule has 1 heterocycles. The van der Waals surface area contributed by atoms with Gasteiger partial charge in [0.15, 0.2) is 0 Å². The Morgan fingerprint density at radius 2 is 2.19 bits per heavy atom. The van der Waals surface area contributed by atoms with Crippen molar-refractivity contribution in [1.82, 2.24) is 0 Å². The number of para-hydroxylation sites is 1. The lowest BCUT2D eigenvalue weighted by Crippen LogP contribution is -2.28. The van der Waals surface area contributed by atoms with Crippen LogP contribution in [0.5, 0.6) is 5.75 Å². The van der Waals surface area contributed by atoms with Crippen molar-refractivity contribution in [3.8, 4) is 5.75 Å². The molecular formula is C12H14O4. The van der Waals surface area contributed by atoms with Gasteiger partial charge in [-0.3, -0.25) is 0 Å². The Labute approximate surface area is 93.8 Å². The number of carboxylic acid groups (broad SMARTS) is 1. The first-order valence-electron chi connectivity index (χ1n) is 5.30. The number of ether oxygens (including phenoxy) is 2.